The molecule has 3 nitrogen and oxygen atoms in total. The van der Waals surface area contributed by atoms with Gasteiger partial charge < -0.3 is 4.57 Å². The molecule has 0 aliphatic rings. The normalized spacial score (nSPS) is 11.2. The summed E-state index contributed by atoms with van der Waals surface area (Å²) in [6.45, 7) is 0. The molecule has 0 fully saturated rings. The molecule has 0 unspecified atom stereocenters. The Morgan fingerprint density at radius 1 is 1.12 bits per heavy atom. The van der Waals surface area contributed by atoms with Crippen molar-refractivity contribution in [1.29, 1.82) is 5.26 Å². The number of rotatable bonds is 5. The maximum absolute atomic E-state index is 13.0. The van der Waals surface area contributed by atoms with E-state index >= 15 is 0 Å². The van der Waals surface area contributed by atoms with Gasteiger partial charge in [0.15, 0.2) is 0 Å². The van der Waals surface area contributed by atoms with E-state index in [0.29, 0.717) is 5.56 Å². The summed E-state index contributed by atoms with van der Waals surface area (Å²) in [7, 11) is 0. The first-order valence-electron chi connectivity index (χ1n) is 7.70. The zero-order valence-electron chi connectivity index (χ0n) is 13.1. The third kappa shape index (κ3) is 3.76. The average molecular weight is 317 g/mol. The molecule has 24 heavy (non-hydrogen) atoms. The Morgan fingerprint density at radius 2 is 1.88 bits per heavy atom. The first kappa shape index (κ1) is 15.7. The number of hydrogen-bond donors (Lipinski definition) is 0. The van der Waals surface area contributed by atoms with Crippen molar-refractivity contribution >= 4 is 5.70 Å². The summed E-state index contributed by atoms with van der Waals surface area (Å²) in [4.78, 5) is 4.11. The van der Waals surface area contributed by atoms with Crippen LogP contribution in [0.2, 0.25) is 0 Å². The summed E-state index contributed by atoms with van der Waals surface area (Å²) < 4.78 is 14.9. The minimum Gasteiger partial charge on any atom is -0.306 e. The molecule has 1 aromatic heterocycles. The highest BCUT2D eigenvalue weighted by atomic mass is 19.1. The third-order valence-electron chi connectivity index (χ3n) is 3.78. The number of aryl methyl sites for hydroxylation is 1. The van der Waals surface area contributed by atoms with Crippen molar-refractivity contribution in [2.45, 2.75) is 12.8 Å². The van der Waals surface area contributed by atoms with Crippen LogP contribution in [0.3, 0.4) is 0 Å². The van der Waals surface area contributed by atoms with Crippen molar-refractivity contribution in [2.75, 3.05) is 0 Å². The second-order valence-corrected chi connectivity index (χ2v) is 5.41. The molecular formula is C20H16FN3. The molecule has 0 N–H and O–H groups in total. The van der Waals surface area contributed by atoms with E-state index in [9.17, 15) is 4.39 Å². The molecule has 0 bridgehead atoms. The number of imidazole rings is 1. The van der Waals surface area contributed by atoms with Gasteiger partial charge in [-0.1, -0.05) is 30.3 Å². The van der Waals surface area contributed by atoms with Crippen molar-refractivity contribution in [3.63, 3.8) is 0 Å². The standard InChI is InChI=1S/C20H16FN3/c21-19-10-6-16(7-11-19)2-1-3-20(24-13-12-23-15-24)18-8-4-17(14-22)5-9-18/h3-13,15H,1-2H2/b20-3+. The fraction of sp³-hybridized carbons (Fsp3) is 0.100. The lowest BCUT2D eigenvalue weighted by Gasteiger charge is -2.09. The van der Waals surface area contributed by atoms with Crippen LogP contribution in [0.1, 0.15) is 23.1 Å². The minimum atomic E-state index is -0.217. The van der Waals surface area contributed by atoms with E-state index in [2.05, 4.69) is 17.1 Å². The number of allylic oxidation sites excluding steroid dienone is 1. The first-order chi connectivity index (χ1) is 11.8. The summed E-state index contributed by atoms with van der Waals surface area (Å²) in [6.07, 6.45) is 9.15. The van der Waals surface area contributed by atoms with Gasteiger partial charge in [0, 0.05) is 18.1 Å². The lowest BCUT2D eigenvalue weighted by atomic mass is 10.1. The minimum absolute atomic E-state index is 0.217. The molecule has 118 valence electrons. The van der Waals surface area contributed by atoms with Gasteiger partial charge in [-0.05, 0) is 48.2 Å². The summed E-state index contributed by atoms with van der Waals surface area (Å²) in [6, 6.07) is 16.2. The number of benzene rings is 2. The highest BCUT2D eigenvalue weighted by Crippen LogP contribution is 2.19. The maximum Gasteiger partial charge on any atom is 0.123 e. The van der Waals surface area contributed by atoms with Gasteiger partial charge in [-0.25, -0.2) is 9.37 Å². The Hall–Kier alpha value is -3.19. The molecule has 0 amide bonds. The van der Waals surface area contributed by atoms with E-state index in [1.807, 2.05) is 35.0 Å². The van der Waals surface area contributed by atoms with Crippen molar-refractivity contribution < 1.29 is 4.39 Å². The Bertz CT molecular complexity index is 855. The summed E-state index contributed by atoms with van der Waals surface area (Å²) >= 11 is 0. The molecule has 0 atom stereocenters. The highest BCUT2D eigenvalue weighted by Gasteiger charge is 2.04. The third-order valence-corrected chi connectivity index (χ3v) is 3.78. The van der Waals surface area contributed by atoms with Gasteiger partial charge in [-0.2, -0.15) is 5.26 Å². The van der Waals surface area contributed by atoms with Crippen LogP contribution >= 0.6 is 0 Å². The van der Waals surface area contributed by atoms with Gasteiger partial charge in [0.1, 0.15) is 5.82 Å². The van der Waals surface area contributed by atoms with E-state index < -0.39 is 0 Å². The predicted octanol–water partition coefficient (Wildman–Crippen LogP) is 4.42. The van der Waals surface area contributed by atoms with E-state index in [1.165, 1.54) is 12.1 Å². The zero-order valence-corrected chi connectivity index (χ0v) is 13.1. The molecule has 4 heteroatoms. The largest absolute Gasteiger partial charge is 0.306 e. The fourth-order valence-electron chi connectivity index (χ4n) is 2.52. The number of aromatic nitrogens is 2. The van der Waals surface area contributed by atoms with Crippen LogP contribution < -0.4 is 0 Å². The summed E-state index contributed by atoms with van der Waals surface area (Å²) in [5.41, 5.74) is 3.76. The molecule has 3 rings (SSSR count). The molecule has 0 spiro atoms. The van der Waals surface area contributed by atoms with Crippen molar-refractivity contribution in [2.24, 2.45) is 0 Å². The van der Waals surface area contributed by atoms with Crippen molar-refractivity contribution in [3.8, 4) is 6.07 Å². The quantitative estimate of drug-likeness (QED) is 0.699. The Balaban J connectivity index is 1.82. The smallest absolute Gasteiger partial charge is 0.123 e. The van der Waals surface area contributed by atoms with Gasteiger partial charge in [0.25, 0.3) is 0 Å². The summed E-state index contributed by atoms with van der Waals surface area (Å²) in [5.74, 6) is -0.217. The van der Waals surface area contributed by atoms with Crippen molar-refractivity contribution in [3.05, 3.63) is 95.8 Å². The maximum atomic E-state index is 13.0. The number of nitriles is 1. The monoisotopic (exact) mass is 317 g/mol. The highest BCUT2D eigenvalue weighted by molar-refractivity contribution is 5.66. The van der Waals surface area contributed by atoms with Crippen LogP contribution in [0.15, 0.2) is 73.3 Å². The van der Waals surface area contributed by atoms with E-state index in [4.69, 9.17) is 5.26 Å². The van der Waals surface area contributed by atoms with Crippen LogP contribution in [-0.4, -0.2) is 9.55 Å². The fourth-order valence-corrected chi connectivity index (χ4v) is 2.52. The molecule has 0 saturated carbocycles. The lowest BCUT2D eigenvalue weighted by molar-refractivity contribution is 0.627. The summed E-state index contributed by atoms with van der Waals surface area (Å²) in [5, 5.41) is 8.93. The van der Waals surface area contributed by atoms with Gasteiger partial charge in [0.05, 0.1) is 18.0 Å². The second-order valence-electron chi connectivity index (χ2n) is 5.41. The molecule has 0 saturated heterocycles. The van der Waals surface area contributed by atoms with Crippen LogP contribution in [-0.2, 0) is 6.42 Å². The van der Waals surface area contributed by atoms with Gasteiger partial charge in [-0.15, -0.1) is 0 Å². The van der Waals surface area contributed by atoms with Crippen molar-refractivity contribution in [1.82, 2.24) is 9.55 Å². The van der Waals surface area contributed by atoms with Crippen LogP contribution in [0.25, 0.3) is 5.70 Å². The SMILES string of the molecule is N#Cc1ccc(/C(=C\CCc2ccc(F)cc2)n2ccnc2)cc1. The Kier molecular flexibility index (Phi) is 4.83. The molecule has 0 aliphatic carbocycles. The second kappa shape index (κ2) is 7.38. The first-order valence-corrected chi connectivity index (χ1v) is 7.70. The van der Waals surface area contributed by atoms with Crippen LogP contribution in [0, 0.1) is 17.1 Å². The van der Waals surface area contributed by atoms with Crippen LogP contribution in [0.4, 0.5) is 4.39 Å². The van der Waals surface area contributed by atoms with E-state index in [1.54, 1.807) is 24.7 Å². The molecular weight excluding hydrogens is 301 g/mol. The molecule has 3 aromatic rings. The number of halogens is 1. The predicted molar refractivity (Wildman–Crippen MR) is 91.5 cm³/mol. The van der Waals surface area contributed by atoms with Gasteiger partial charge in [0.2, 0.25) is 0 Å². The Morgan fingerprint density at radius 3 is 2.50 bits per heavy atom. The average Bonchev–Trinajstić information content (AvgIpc) is 3.15. The molecule has 1 heterocycles. The Labute approximate surface area is 140 Å². The number of hydrogen-bond acceptors (Lipinski definition) is 2. The van der Waals surface area contributed by atoms with E-state index in [0.717, 1.165) is 29.7 Å². The number of nitrogens with zero attached hydrogens (tertiary/aromatic N) is 3. The van der Waals surface area contributed by atoms with E-state index in [-0.39, 0.29) is 5.82 Å². The molecule has 0 radical (unpaired) electrons. The zero-order chi connectivity index (χ0) is 16.8. The lowest BCUT2D eigenvalue weighted by Crippen LogP contribution is -1.97. The van der Waals surface area contributed by atoms with Crippen LogP contribution in [0.5, 0.6) is 0 Å². The molecule has 2 aromatic carbocycles. The molecule has 0 aliphatic heterocycles. The van der Waals surface area contributed by atoms with Gasteiger partial charge in [-0.3, -0.25) is 0 Å². The van der Waals surface area contributed by atoms with Gasteiger partial charge >= 0.3 is 0 Å². The topological polar surface area (TPSA) is 41.6 Å².